The molecule has 1 aliphatic rings. The molecule has 136 valence electrons. The van der Waals surface area contributed by atoms with Crippen molar-refractivity contribution in [3.63, 3.8) is 0 Å². The Morgan fingerprint density at radius 3 is 2.74 bits per heavy atom. The summed E-state index contributed by atoms with van der Waals surface area (Å²) in [5.41, 5.74) is 3.82. The molecule has 0 radical (unpaired) electrons. The molecule has 0 unspecified atom stereocenters. The molecule has 3 heterocycles. The van der Waals surface area contributed by atoms with Crippen LogP contribution in [0.15, 0.2) is 54.9 Å². The molecule has 27 heavy (non-hydrogen) atoms. The lowest BCUT2D eigenvalue weighted by Gasteiger charge is -2.25. The van der Waals surface area contributed by atoms with Crippen molar-refractivity contribution in [2.45, 2.75) is 25.8 Å². The van der Waals surface area contributed by atoms with Gasteiger partial charge in [0.1, 0.15) is 5.82 Å². The summed E-state index contributed by atoms with van der Waals surface area (Å²) in [4.78, 5) is 38.5. The Morgan fingerprint density at radius 2 is 1.96 bits per heavy atom. The lowest BCUT2D eigenvalue weighted by atomic mass is 10.1. The number of amides is 1. The van der Waals surface area contributed by atoms with Gasteiger partial charge in [0.25, 0.3) is 5.91 Å². The Kier molecular flexibility index (Phi) is 4.78. The molecule has 0 bridgehead atoms. The van der Waals surface area contributed by atoms with Gasteiger partial charge in [-0.25, -0.2) is 4.98 Å². The first kappa shape index (κ1) is 17.1. The number of nitrogens with zero attached hydrogens (tertiary/aromatic N) is 3. The van der Waals surface area contributed by atoms with Crippen LogP contribution in [0.2, 0.25) is 0 Å². The quantitative estimate of drug-likeness (QED) is 0.709. The lowest BCUT2D eigenvalue weighted by molar-refractivity contribution is -0.145. The summed E-state index contributed by atoms with van der Waals surface area (Å²) in [7, 11) is 0. The van der Waals surface area contributed by atoms with Crippen LogP contribution in [0.5, 0.6) is 0 Å². The summed E-state index contributed by atoms with van der Waals surface area (Å²) < 4.78 is 0. The fraction of sp³-hybridized carbons (Fsp3) is 0.238. The maximum atomic E-state index is 12.5. The SMILES string of the molecule is O=C(CCc1ccccc1)C(=O)N1CCc2nc(-c3cccnc3)[nH]c2C1. The number of H-pyrrole nitrogens is 1. The van der Waals surface area contributed by atoms with Crippen LogP contribution in [0.25, 0.3) is 11.4 Å². The molecule has 0 saturated heterocycles. The van der Waals surface area contributed by atoms with E-state index in [9.17, 15) is 9.59 Å². The van der Waals surface area contributed by atoms with Crippen molar-refractivity contribution < 1.29 is 9.59 Å². The number of aryl methyl sites for hydroxylation is 1. The maximum Gasteiger partial charge on any atom is 0.290 e. The van der Waals surface area contributed by atoms with Crippen LogP contribution in [0, 0.1) is 0 Å². The van der Waals surface area contributed by atoms with E-state index in [1.165, 1.54) is 0 Å². The first-order chi connectivity index (χ1) is 13.2. The largest absolute Gasteiger partial charge is 0.340 e. The fourth-order valence-corrected chi connectivity index (χ4v) is 3.29. The van der Waals surface area contributed by atoms with Gasteiger partial charge >= 0.3 is 0 Å². The van der Waals surface area contributed by atoms with E-state index in [-0.39, 0.29) is 12.2 Å². The van der Waals surface area contributed by atoms with Crippen LogP contribution in [0.3, 0.4) is 0 Å². The third-order valence-electron chi connectivity index (χ3n) is 4.78. The van der Waals surface area contributed by atoms with Crippen molar-refractivity contribution in [3.8, 4) is 11.4 Å². The smallest absolute Gasteiger partial charge is 0.290 e. The topological polar surface area (TPSA) is 79.0 Å². The number of nitrogens with one attached hydrogen (secondary N) is 1. The van der Waals surface area contributed by atoms with Crippen LogP contribution in [-0.2, 0) is 29.0 Å². The molecular weight excluding hydrogens is 340 g/mol. The highest BCUT2D eigenvalue weighted by Crippen LogP contribution is 2.22. The summed E-state index contributed by atoms with van der Waals surface area (Å²) in [6.07, 6.45) is 4.92. The molecular formula is C21H20N4O2. The number of fused-ring (bicyclic) bond motifs is 1. The predicted molar refractivity (Wildman–Crippen MR) is 101 cm³/mol. The molecule has 1 amide bonds. The number of rotatable bonds is 5. The van der Waals surface area contributed by atoms with Gasteiger partial charge in [0, 0.05) is 37.3 Å². The van der Waals surface area contributed by atoms with Gasteiger partial charge in [-0.2, -0.15) is 0 Å². The number of aromatic nitrogens is 3. The van der Waals surface area contributed by atoms with Crippen molar-refractivity contribution in [1.29, 1.82) is 0 Å². The van der Waals surface area contributed by atoms with Gasteiger partial charge in [-0.3, -0.25) is 14.6 Å². The zero-order valence-corrected chi connectivity index (χ0v) is 14.9. The fourth-order valence-electron chi connectivity index (χ4n) is 3.29. The van der Waals surface area contributed by atoms with Crippen molar-refractivity contribution in [1.82, 2.24) is 19.9 Å². The van der Waals surface area contributed by atoms with Crippen LogP contribution in [-0.4, -0.2) is 38.1 Å². The number of aromatic amines is 1. The first-order valence-corrected chi connectivity index (χ1v) is 9.05. The average Bonchev–Trinajstić information content (AvgIpc) is 3.16. The molecule has 6 heteroatoms. The minimum atomic E-state index is -0.408. The van der Waals surface area contributed by atoms with Gasteiger partial charge < -0.3 is 9.88 Å². The molecule has 4 rings (SSSR count). The second-order valence-electron chi connectivity index (χ2n) is 6.64. The number of carbonyl (C=O) groups is 2. The van der Waals surface area contributed by atoms with E-state index in [1.807, 2.05) is 42.5 Å². The lowest BCUT2D eigenvalue weighted by Crippen LogP contribution is -2.40. The van der Waals surface area contributed by atoms with E-state index < -0.39 is 5.91 Å². The third kappa shape index (κ3) is 3.79. The number of Topliss-reactive ketones (excluding diaryl/α,β-unsaturated/α-hetero) is 1. The highest BCUT2D eigenvalue weighted by Gasteiger charge is 2.27. The molecule has 3 aromatic rings. The van der Waals surface area contributed by atoms with Crippen molar-refractivity contribution in [3.05, 3.63) is 71.8 Å². The molecule has 1 aliphatic heterocycles. The summed E-state index contributed by atoms with van der Waals surface area (Å²) in [6.45, 7) is 0.902. The molecule has 0 spiro atoms. The van der Waals surface area contributed by atoms with Gasteiger partial charge in [0.05, 0.1) is 17.9 Å². The number of pyridine rings is 1. The molecule has 6 nitrogen and oxygen atoms in total. The zero-order valence-electron chi connectivity index (χ0n) is 14.9. The molecule has 1 aromatic carbocycles. The Morgan fingerprint density at radius 1 is 1.11 bits per heavy atom. The normalized spacial score (nSPS) is 13.3. The molecule has 0 fully saturated rings. The number of ketones is 1. The Bertz CT molecular complexity index is 951. The minimum Gasteiger partial charge on any atom is -0.340 e. The highest BCUT2D eigenvalue weighted by atomic mass is 16.2. The van der Waals surface area contributed by atoms with Crippen LogP contribution in [0.1, 0.15) is 23.4 Å². The molecule has 1 N–H and O–H groups in total. The monoisotopic (exact) mass is 360 g/mol. The second kappa shape index (κ2) is 7.53. The number of hydrogen-bond donors (Lipinski definition) is 1. The number of hydrogen-bond acceptors (Lipinski definition) is 4. The molecule has 0 aliphatic carbocycles. The Balaban J connectivity index is 1.40. The van der Waals surface area contributed by atoms with Gasteiger partial charge in [0.15, 0.2) is 0 Å². The first-order valence-electron chi connectivity index (χ1n) is 9.05. The summed E-state index contributed by atoms with van der Waals surface area (Å²) in [5, 5.41) is 0. The van der Waals surface area contributed by atoms with E-state index in [2.05, 4.69) is 15.0 Å². The molecule has 0 saturated carbocycles. The van der Waals surface area contributed by atoms with Crippen LogP contribution < -0.4 is 0 Å². The van der Waals surface area contributed by atoms with E-state index >= 15 is 0 Å². The average molecular weight is 360 g/mol. The van der Waals surface area contributed by atoms with E-state index in [1.54, 1.807) is 17.3 Å². The zero-order chi connectivity index (χ0) is 18.6. The number of imidazole rings is 1. The second-order valence-corrected chi connectivity index (χ2v) is 6.64. The van der Waals surface area contributed by atoms with E-state index in [0.717, 1.165) is 28.3 Å². The maximum absolute atomic E-state index is 12.5. The minimum absolute atomic E-state index is 0.232. The predicted octanol–water partition coefficient (Wildman–Crippen LogP) is 2.56. The molecule has 0 atom stereocenters. The van der Waals surface area contributed by atoms with Crippen molar-refractivity contribution >= 4 is 11.7 Å². The number of benzene rings is 1. The van der Waals surface area contributed by atoms with E-state index in [0.29, 0.717) is 25.9 Å². The summed E-state index contributed by atoms with van der Waals surface area (Å²) >= 11 is 0. The number of carbonyl (C=O) groups excluding carboxylic acids is 2. The van der Waals surface area contributed by atoms with Gasteiger partial charge in [-0.1, -0.05) is 30.3 Å². The standard InChI is InChI=1S/C21H20N4O2/c26-19(9-8-15-5-2-1-3-6-15)21(27)25-12-10-17-18(14-25)24-20(23-17)16-7-4-11-22-13-16/h1-7,11,13H,8-10,12,14H2,(H,23,24). The summed E-state index contributed by atoms with van der Waals surface area (Å²) in [5.74, 6) is 0.00112. The van der Waals surface area contributed by atoms with Crippen molar-refractivity contribution in [2.75, 3.05) is 6.54 Å². The Labute approximate surface area is 157 Å². The van der Waals surface area contributed by atoms with Crippen LogP contribution in [0.4, 0.5) is 0 Å². The molecule has 2 aromatic heterocycles. The van der Waals surface area contributed by atoms with E-state index in [4.69, 9.17) is 0 Å². The van der Waals surface area contributed by atoms with Gasteiger partial charge in [0.2, 0.25) is 5.78 Å². The Hall–Kier alpha value is -3.28. The van der Waals surface area contributed by atoms with Crippen molar-refractivity contribution in [2.24, 2.45) is 0 Å². The highest BCUT2D eigenvalue weighted by molar-refractivity contribution is 6.36. The van der Waals surface area contributed by atoms with Crippen LogP contribution >= 0.6 is 0 Å². The van der Waals surface area contributed by atoms with Gasteiger partial charge in [-0.15, -0.1) is 0 Å². The third-order valence-corrected chi connectivity index (χ3v) is 4.78. The van der Waals surface area contributed by atoms with Gasteiger partial charge in [-0.05, 0) is 24.1 Å². The summed E-state index contributed by atoms with van der Waals surface area (Å²) in [6, 6.07) is 13.5.